The van der Waals surface area contributed by atoms with Crippen LogP contribution in [0.15, 0.2) is 24.3 Å². The zero-order chi connectivity index (χ0) is 20.1. The summed E-state index contributed by atoms with van der Waals surface area (Å²) in [5, 5.41) is 3.00. The summed E-state index contributed by atoms with van der Waals surface area (Å²) in [5.74, 6) is 0.222. The number of unbranched alkanes of at least 4 members (excludes halogenated alkanes) is 1. The minimum absolute atomic E-state index is 0.0183. The van der Waals surface area contributed by atoms with Crippen LogP contribution >= 0.6 is 0 Å². The highest BCUT2D eigenvalue weighted by molar-refractivity contribution is 6.05. The molecular formula is C22H31N3O3. The Kier molecular flexibility index (Phi) is 6.70. The van der Waals surface area contributed by atoms with Gasteiger partial charge >= 0.3 is 0 Å². The summed E-state index contributed by atoms with van der Waals surface area (Å²) in [5.41, 5.74) is 1.23. The third-order valence-corrected chi connectivity index (χ3v) is 5.74. The Labute approximate surface area is 167 Å². The van der Waals surface area contributed by atoms with Crippen LogP contribution in [0.1, 0.15) is 55.8 Å². The lowest BCUT2D eigenvalue weighted by atomic mass is 9.95. The highest BCUT2D eigenvalue weighted by Gasteiger charge is 2.34. The quantitative estimate of drug-likeness (QED) is 0.734. The Morgan fingerprint density at radius 2 is 1.75 bits per heavy atom. The number of carbonyl (C=O) groups excluding carboxylic acids is 3. The molecule has 0 unspecified atom stereocenters. The van der Waals surface area contributed by atoms with Crippen molar-refractivity contribution in [1.82, 2.24) is 10.2 Å². The molecule has 1 N–H and O–H groups in total. The molecule has 0 bridgehead atoms. The van der Waals surface area contributed by atoms with Crippen molar-refractivity contribution in [2.24, 2.45) is 11.8 Å². The van der Waals surface area contributed by atoms with Crippen molar-refractivity contribution >= 4 is 23.4 Å². The molecule has 3 rings (SSSR count). The van der Waals surface area contributed by atoms with Crippen molar-refractivity contribution in [2.45, 2.75) is 45.4 Å². The highest BCUT2D eigenvalue weighted by Crippen LogP contribution is 2.33. The summed E-state index contributed by atoms with van der Waals surface area (Å²) in [6.45, 7) is 3.96. The van der Waals surface area contributed by atoms with E-state index in [4.69, 9.17) is 0 Å². The molecule has 2 aliphatic rings. The van der Waals surface area contributed by atoms with E-state index in [9.17, 15) is 14.4 Å². The fourth-order valence-electron chi connectivity index (χ4n) is 3.72. The minimum atomic E-state index is -0.0594. The molecule has 6 heteroatoms. The van der Waals surface area contributed by atoms with Crippen LogP contribution in [0.2, 0.25) is 0 Å². The molecule has 28 heavy (non-hydrogen) atoms. The molecule has 0 atom stereocenters. The maximum absolute atomic E-state index is 13.1. The van der Waals surface area contributed by atoms with E-state index in [-0.39, 0.29) is 29.6 Å². The van der Waals surface area contributed by atoms with Gasteiger partial charge in [0.25, 0.3) is 5.91 Å². The van der Waals surface area contributed by atoms with Gasteiger partial charge in [0.1, 0.15) is 0 Å². The molecule has 1 saturated carbocycles. The lowest BCUT2D eigenvalue weighted by Crippen LogP contribution is -2.43. The molecular weight excluding hydrogens is 354 g/mol. The van der Waals surface area contributed by atoms with Gasteiger partial charge in [0.2, 0.25) is 11.8 Å². The summed E-state index contributed by atoms with van der Waals surface area (Å²) < 4.78 is 0. The van der Waals surface area contributed by atoms with E-state index in [1.165, 1.54) is 0 Å². The Morgan fingerprint density at radius 3 is 2.39 bits per heavy atom. The zero-order valence-corrected chi connectivity index (χ0v) is 16.9. The maximum Gasteiger partial charge on any atom is 0.255 e. The SMILES string of the molecule is CCCCNC(=O)C1CCN(C(=O)c2ccccc2N(C)C(=O)C2CC2)CC1. The fourth-order valence-corrected chi connectivity index (χ4v) is 3.72. The molecule has 1 aliphatic heterocycles. The standard InChI is InChI=1S/C22H31N3O3/c1-3-4-13-23-20(26)16-11-14-25(15-12-16)22(28)18-7-5-6-8-19(18)24(2)21(27)17-9-10-17/h5-8,16-17H,3-4,9-15H2,1-2H3,(H,23,26). The first-order chi connectivity index (χ1) is 13.5. The second-order valence-electron chi connectivity index (χ2n) is 7.90. The third-order valence-electron chi connectivity index (χ3n) is 5.74. The van der Waals surface area contributed by atoms with E-state index in [1.54, 1.807) is 18.0 Å². The predicted octanol–water partition coefficient (Wildman–Crippen LogP) is 2.83. The number of nitrogens with one attached hydrogen (secondary N) is 1. The van der Waals surface area contributed by atoms with E-state index in [2.05, 4.69) is 12.2 Å². The van der Waals surface area contributed by atoms with E-state index < -0.39 is 0 Å². The van der Waals surface area contributed by atoms with Crippen LogP contribution in [0.25, 0.3) is 0 Å². The normalized spacial score (nSPS) is 17.3. The first-order valence-electron chi connectivity index (χ1n) is 10.5. The molecule has 1 aliphatic carbocycles. The average molecular weight is 386 g/mol. The van der Waals surface area contributed by atoms with Crippen LogP contribution in [0.4, 0.5) is 5.69 Å². The van der Waals surface area contributed by atoms with Crippen LogP contribution in [0, 0.1) is 11.8 Å². The number of hydrogen-bond donors (Lipinski definition) is 1. The molecule has 1 aromatic carbocycles. The van der Waals surface area contributed by atoms with Crippen LogP contribution in [-0.4, -0.2) is 49.3 Å². The summed E-state index contributed by atoms with van der Waals surface area (Å²) in [7, 11) is 1.75. The number of amides is 3. The van der Waals surface area contributed by atoms with Gasteiger partial charge in [0.15, 0.2) is 0 Å². The smallest absolute Gasteiger partial charge is 0.255 e. The molecule has 3 amide bonds. The summed E-state index contributed by atoms with van der Waals surface area (Å²) >= 11 is 0. The highest BCUT2D eigenvalue weighted by atomic mass is 16.2. The number of benzene rings is 1. The number of piperidine rings is 1. The van der Waals surface area contributed by atoms with Gasteiger partial charge in [0.05, 0.1) is 11.3 Å². The Morgan fingerprint density at radius 1 is 1.07 bits per heavy atom. The second kappa shape index (κ2) is 9.22. The van der Waals surface area contributed by atoms with Crippen molar-refractivity contribution in [3.63, 3.8) is 0 Å². The summed E-state index contributed by atoms with van der Waals surface area (Å²) in [4.78, 5) is 41.2. The average Bonchev–Trinajstić information content (AvgIpc) is 3.58. The van der Waals surface area contributed by atoms with Gasteiger partial charge in [-0.05, 0) is 44.2 Å². The molecule has 1 saturated heterocycles. The number of rotatable bonds is 7. The number of para-hydroxylation sites is 1. The monoisotopic (exact) mass is 385 g/mol. The number of carbonyl (C=O) groups is 3. The van der Waals surface area contributed by atoms with Gasteiger partial charge in [-0.3, -0.25) is 14.4 Å². The molecule has 2 fully saturated rings. The van der Waals surface area contributed by atoms with E-state index >= 15 is 0 Å². The van der Waals surface area contributed by atoms with Gasteiger partial charge in [-0.2, -0.15) is 0 Å². The van der Waals surface area contributed by atoms with E-state index in [0.717, 1.165) is 32.2 Å². The number of likely N-dealkylation sites (tertiary alicyclic amines) is 1. The lowest BCUT2D eigenvalue weighted by molar-refractivity contribution is -0.126. The molecule has 1 heterocycles. The molecule has 152 valence electrons. The Balaban J connectivity index is 1.61. The molecule has 0 aromatic heterocycles. The van der Waals surface area contributed by atoms with Crippen LogP contribution in [0.3, 0.4) is 0 Å². The molecule has 6 nitrogen and oxygen atoms in total. The molecule has 0 spiro atoms. The van der Waals surface area contributed by atoms with Gasteiger partial charge in [-0.25, -0.2) is 0 Å². The van der Waals surface area contributed by atoms with Crippen molar-refractivity contribution in [3.8, 4) is 0 Å². The van der Waals surface area contributed by atoms with Gasteiger partial charge in [-0.15, -0.1) is 0 Å². The van der Waals surface area contributed by atoms with E-state index in [0.29, 0.717) is 37.2 Å². The lowest BCUT2D eigenvalue weighted by Gasteiger charge is -2.32. The maximum atomic E-state index is 13.1. The summed E-state index contributed by atoms with van der Waals surface area (Å²) in [6.07, 6.45) is 5.29. The first kappa shape index (κ1) is 20.4. The molecule has 0 radical (unpaired) electrons. The van der Waals surface area contributed by atoms with Crippen molar-refractivity contribution in [3.05, 3.63) is 29.8 Å². The number of nitrogens with zero attached hydrogens (tertiary/aromatic N) is 2. The van der Waals surface area contributed by atoms with Crippen molar-refractivity contribution in [1.29, 1.82) is 0 Å². The fraction of sp³-hybridized carbons (Fsp3) is 0.591. The molecule has 1 aromatic rings. The topological polar surface area (TPSA) is 69.7 Å². The Hall–Kier alpha value is -2.37. The van der Waals surface area contributed by atoms with Crippen molar-refractivity contribution in [2.75, 3.05) is 31.6 Å². The van der Waals surface area contributed by atoms with Crippen molar-refractivity contribution < 1.29 is 14.4 Å². The van der Waals surface area contributed by atoms with Gasteiger partial charge in [0, 0.05) is 38.5 Å². The second-order valence-corrected chi connectivity index (χ2v) is 7.90. The third kappa shape index (κ3) is 4.72. The van der Waals surface area contributed by atoms with E-state index in [1.807, 2.05) is 23.1 Å². The minimum Gasteiger partial charge on any atom is -0.356 e. The van der Waals surface area contributed by atoms with Crippen LogP contribution in [-0.2, 0) is 9.59 Å². The zero-order valence-electron chi connectivity index (χ0n) is 16.9. The van der Waals surface area contributed by atoms with Crippen LogP contribution < -0.4 is 10.2 Å². The first-order valence-corrected chi connectivity index (χ1v) is 10.5. The predicted molar refractivity (Wildman–Crippen MR) is 109 cm³/mol. The van der Waals surface area contributed by atoms with Crippen LogP contribution in [0.5, 0.6) is 0 Å². The van der Waals surface area contributed by atoms with Gasteiger partial charge in [-0.1, -0.05) is 25.5 Å². The Bertz CT molecular complexity index is 721. The number of anilines is 1. The summed E-state index contributed by atoms with van der Waals surface area (Å²) in [6, 6.07) is 7.31. The largest absolute Gasteiger partial charge is 0.356 e. The van der Waals surface area contributed by atoms with Gasteiger partial charge < -0.3 is 15.1 Å². The number of hydrogen-bond acceptors (Lipinski definition) is 3.